The minimum absolute atomic E-state index is 0.0877. The fourth-order valence-electron chi connectivity index (χ4n) is 4.05. The van der Waals surface area contributed by atoms with Crippen LogP contribution in [0.15, 0.2) is 29.1 Å². The maximum absolute atomic E-state index is 12.9. The highest BCUT2D eigenvalue weighted by atomic mass is 16.2. The number of nitrogens with zero attached hydrogens (tertiary/aromatic N) is 2. The second-order valence-corrected chi connectivity index (χ2v) is 7.95. The Morgan fingerprint density at radius 3 is 2.83 bits per heavy atom. The summed E-state index contributed by atoms with van der Waals surface area (Å²) in [6.07, 6.45) is 2.08. The largest absolute Gasteiger partial charge is 0.342 e. The summed E-state index contributed by atoms with van der Waals surface area (Å²) in [7, 11) is 0. The maximum atomic E-state index is 12.9. The molecule has 1 fully saturated rings. The Kier molecular flexibility index (Phi) is 5.08. The zero-order valence-corrected chi connectivity index (χ0v) is 16.6. The molecule has 2 amide bonds. The molecule has 2 aromatic rings. The molecule has 4 rings (SSSR count). The zero-order chi connectivity index (χ0) is 20.5. The van der Waals surface area contributed by atoms with Gasteiger partial charge in [0.05, 0.1) is 11.5 Å². The van der Waals surface area contributed by atoms with Crippen molar-refractivity contribution in [2.75, 3.05) is 28.6 Å². The van der Waals surface area contributed by atoms with E-state index < -0.39 is 5.92 Å². The first-order valence-corrected chi connectivity index (χ1v) is 9.98. The van der Waals surface area contributed by atoms with Crippen LogP contribution >= 0.6 is 0 Å². The van der Waals surface area contributed by atoms with E-state index in [1.165, 1.54) is 0 Å². The molecule has 8 nitrogen and oxygen atoms in total. The highest BCUT2D eigenvalue weighted by molar-refractivity contribution is 6.04. The summed E-state index contributed by atoms with van der Waals surface area (Å²) in [5.74, 6) is -0.458. The normalized spacial score (nSPS) is 21.3. The highest BCUT2D eigenvalue weighted by Gasteiger charge is 2.35. The number of nitrogens with one attached hydrogen (secondary N) is 3. The van der Waals surface area contributed by atoms with Crippen molar-refractivity contribution in [2.45, 2.75) is 39.0 Å². The number of H-pyrrole nitrogens is 1. The summed E-state index contributed by atoms with van der Waals surface area (Å²) in [5, 5.41) is 5.52. The van der Waals surface area contributed by atoms with E-state index in [-0.39, 0.29) is 35.2 Å². The van der Waals surface area contributed by atoms with Gasteiger partial charge in [0.1, 0.15) is 5.82 Å². The molecule has 0 bridgehead atoms. The SMILES string of the molecule is Cc1ccccc1NC(=O)C1CC(=O)Nc2nc(N3CCCC(C)C3)[nH]c(=O)c21. The van der Waals surface area contributed by atoms with Gasteiger partial charge < -0.3 is 15.5 Å². The molecule has 1 aromatic carbocycles. The van der Waals surface area contributed by atoms with Crippen molar-refractivity contribution < 1.29 is 9.59 Å². The van der Waals surface area contributed by atoms with Gasteiger partial charge in [0.15, 0.2) is 0 Å². The quantitative estimate of drug-likeness (QED) is 0.740. The number of benzene rings is 1. The van der Waals surface area contributed by atoms with Crippen molar-refractivity contribution in [2.24, 2.45) is 5.92 Å². The fraction of sp³-hybridized carbons (Fsp3) is 0.429. The van der Waals surface area contributed by atoms with E-state index in [0.29, 0.717) is 17.6 Å². The molecule has 0 radical (unpaired) electrons. The Morgan fingerprint density at radius 1 is 1.28 bits per heavy atom. The summed E-state index contributed by atoms with van der Waals surface area (Å²) >= 11 is 0. The Bertz CT molecular complexity index is 1020. The van der Waals surface area contributed by atoms with E-state index in [1.54, 1.807) is 6.07 Å². The number of carbonyl (C=O) groups excluding carboxylic acids is 2. The number of amides is 2. The van der Waals surface area contributed by atoms with Crippen molar-refractivity contribution in [3.05, 3.63) is 45.7 Å². The third-order valence-corrected chi connectivity index (χ3v) is 5.61. The molecule has 0 saturated carbocycles. The van der Waals surface area contributed by atoms with Gasteiger partial charge in [0.25, 0.3) is 5.56 Å². The van der Waals surface area contributed by atoms with Crippen LogP contribution in [0.25, 0.3) is 0 Å². The van der Waals surface area contributed by atoms with Crippen molar-refractivity contribution in [1.82, 2.24) is 9.97 Å². The Morgan fingerprint density at radius 2 is 2.07 bits per heavy atom. The summed E-state index contributed by atoms with van der Waals surface area (Å²) in [6.45, 7) is 5.65. The maximum Gasteiger partial charge on any atom is 0.258 e. The monoisotopic (exact) mass is 395 g/mol. The lowest BCUT2D eigenvalue weighted by Gasteiger charge is -2.32. The summed E-state index contributed by atoms with van der Waals surface area (Å²) < 4.78 is 0. The van der Waals surface area contributed by atoms with Gasteiger partial charge in [-0.2, -0.15) is 4.98 Å². The van der Waals surface area contributed by atoms with E-state index in [9.17, 15) is 14.4 Å². The first-order valence-electron chi connectivity index (χ1n) is 9.98. The smallest absolute Gasteiger partial charge is 0.258 e. The van der Waals surface area contributed by atoms with Crippen LogP contribution in [0.1, 0.15) is 43.2 Å². The van der Waals surface area contributed by atoms with Gasteiger partial charge in [-0.1, -0.05) is 25.1 Å². The average Bonchev–Trinajstić information content (AvgIpc) is 2.68. The van der Waals surface area contributed by atoms with Crippen LogP contribution in [-0.4, -0.2) is 34.9 Å². The number of hydrogen-bond acceptors (Lipinski definition) is 5. The third kappa shape index (κ3) is 3.87. The molecule has 8 heteroatoms. The van der Waals surface area contributed by atoms with Gasteiger partial charge in [0.2, 0.25) is 17.8 Å². The van der Waals surface area contributed by atoms with Gasteiger partial charge >= 0.3 is 0 Å². The van der Waals surface area contributed by atoms with Crippen molar-refractivity contribution >= 4 is 29.3 Å². The predicted octanol–water partition coefficient (Wildman–Crippen LogP) is 2.38. The van der Waals surface area contributed by atoms with E-state index in [1.807, 2.05) is 30.0 Å². The zero-order valence-electron chi connectivity index (χ0n) is 16.6. The van der Waals surface area contributed by atoms with Crippen LogP contribution in [0, 0.1) is 12.8 Å². The molecule has 152 valence electrons. The van der Waals surface area contributed by atoms with Gasteiger partial charge in [-0.05, 0) is 37.3 Å². The number of para-hydroxylation sites is 1. The van der Waals surface area contributed by atoms with E-state index >= 15 is 0 Å². The fourth-order valence-corrected chi connectivity index (χ4v) is 4.05. The second kappa shape index (κ2) is 7.69. The number of hydrogen-bond donors (Lipinski definition) is 3. The number of piperidine rings is 1. The molecule has 3 heterocycles. The van der Waals surface area contributed by atoms with Gasteiger partial charge in [0, 0.05) is 25.2 Å². The molecule has 0 aliphatic carbocycles. The van der Waals surface area contributed by atoms with Crippen molar-refractivity contribution in [1.29, 1.82) is 0 Å². The lowest BCUT2D eigenvalue weighted by molar-refractivity contribution is -0.123. The topological polar surface area (TPSA) is 107 Å². The molecule has 2 aliphatic rings. The molecule has 29 heavy (non-hydrogen) atoms. The first-order chi connectivity index (χ1) is 13.9. The summed E-state index contributed by atoms with van der Waals surface area (Å²) in [5.41, 5.74) is 1.40. The lowest BCUT2D eigenvalue weighted by atomic mass is 9.92. The molecule has 2 aliphatic heterocycles. The minimum Gasteiger partial charge on any atom is -0.342 e. The third-order valence-electron chi connectivity index (χ3n) is 5.61. The van der Waals surface area contributed by atoms with Crippen molar-refractivity contribution in [3.63, 3.8) is 0 Å². The van der Waals surface area contributed by atoms with Gasteiger partial charge in [-0.3, -0.25) is 19.4 Å². The van der Waals surface area contributed by atoms with Crippen LogP contribution in [0.2, 0.25) is 0 Å². The predicted molar refractivity (Wildman–Crippen MR) is 111 cm³/mol. The molecular formula is C21H25N5O3. The number of carbonyl (C=O) groups is 2. The second-order valence-electron chi connectivity index (χ2n) is 7.95. The van der Waals surface area contributed by atoms with Crippen LogP contribution in [-0.2, 0) is 9.59 Å². The Labute approximate surface area is 168 Å². The van der Waals surface area contributed by atoms with Gasteiger partial charge in [-0.15, -0.1) is 0 Å². The van der Waals surface area contributed by atoms with Crippen LogP contribution in [0.4, 0.5) is 17.5 Å². The minimum atomic E-state index is -0.885. The average molecular weight is 395 g/mol. The molecular weight excluding hydrogens is 370 g/mol. The van der Waals surface area contributed by atoms with E-state index in [4.69, 9.17) is 0 Å². The van der Waals surface area contributed by atoms with E-state index in [0.717, 1.165) is 31.5 Å². The summed E-state index contributed by atoms with van der Waals surface area (Å²) in [6, 6.07) is 7.38. The standard InChI is InChI=1S/C21H25N5O3/c1-12-6-5-9-26(11-12)21-24-18-17(20(29)25-21)14(10-16(27)23-18)19(28)22-15-8-4-3-7-13(15)2/h3-4,7-8,12,14H,5-6,9-11H2,1-2H3,(H,22,28)(H2,23,24,25,27,29). The van der Waals surface area contributed by atoms with Crippen LogP contribution in [0.3, 0.4) is 0 Å². The molecule has 3 N–H and O–H groups in total. The molecule has 0 spiro atoms. The van der Waals surface area contributed by atoms with Crippen molar-refractivity contribution in [3.8, 4) is 0 Å². The number of fused-ring (bicyclic) bond motifs is 1. The molecule has 1 aromatic heterocycles. The number of rotatable bonds is 3. The highest BCUT2D eigenvalue weighted by Crippen LogP contribution is 2.31. The lowest BCUT2D eigenvalue weighted by Crippen LogP contribution is -2.40. The molecule has 2 unspecified atom stereocenters. The number of aryl methyl sites for hydroxylation is 1. The molecule has 2 atom stereocenters. The number of anilines is 3. The summed E-state index contributed by atoms with van der Waals surface area (Å²) in [4.78, 5) is 47.4. The van der Waals surface area contributed by atoms with Gasteiger partial charge in [-0.25, -0.2) is 0 Å². The van der Waals surface area contributed by atoms with E-state index in [2.05, 4.69) is 27.5 Å². The number of aromatic amines is 1. The Balaban J connectivity index is 1.66. The van der Waals surface area contributed by atoms with Crippen LogP contribution < -0.4 is 21.1 Å². The Hall–Kier alpha value is -3.16. The number of aromatic nitrogens is 2. The van der Waals surface area contributed by atoms with Crippen LogP contribution in [0.5, 0.6) is 0 Å². The first kappa shape index (κ1) is 19.2. The molecule has 1 saturated heterocycles.